The highest BCUT2D eigenvalue weighted by molar-refractivity contribution is 8.13. The number of hydrogen-bond donors (Lipinski definition) is 2. The summed E-state index contributed by atoms with van der Waals surface area (Å²) in [6, 6.07) is 7.79. The van der Waals surface area contributed by atoms with Gasteiger partial charge in [-0.3, -0.25) is 5.41 Å². The van der Waals surface area contributed by atoms with Crippen molar-refractivity contribution in [2.24, 2.45) is 5.73 Å². The summed E-state index contributed by atoms with van der Waals surface area (Å²) >= 11 is 1.31. The molecule has 0 saturated carbocycles. The summed E-state index contributed by atoms with van der Waals surface area (Å²) in [5, 5.41) is 7.17. The van der Waals surface area contributed by atoms with E-state index in [-0.39, 0.29) is 5.17 Å². The van der Waals surface area contributed by atoms with Gasteiger partial charge in [0.15, 0.2) is 5.17 Å². The van der Waals surface area contributed by atoms with Crippen LogP contribution in [0.25, 0.3) is 6.08 Å². The first kappa shape index (κ1) is 11.7. The molecule has 0 bridgehead atoms. The molecule has 0 radical (unpaired) electrons. The van der Waals surface area contributed by atoms with Crippen LogP contribution in [0.4, 0.5) is 0 Å². The molecule has 1 rings (SSSR count). The molecule has 0 aromatic heterocycles. The van der Waals surface area contributed by atoms with Crippen LogP contribution in [0.2, 0.25) is 0 Å². The molecule has 0 aliphatic rings. The normalized spacial score (nSPS) is 10.5. The minimum Gasteiger partial charge on any atom is -0.497 e. The maximum Gasteiger partial charge on any atom is 0.151 e. The van der Waals surface area contributed by atoms with Gasteiger partial charge in [-0.1, -0.05) is 36.0 Å². The van der Waals surface area contributed by atoms with Gasteiger partial charge < -0.3 is 10.5 Å². The lowest BCUT2D eigenvalue weighted by molar-refractivity contribution is 0.415. The summed E-state index contributed by atoms with van der Waals surface area (Å²) in [4.78, 5) is 0. The highest BCUT2D eigenvalue weighted by Gasteiger charge is 1.90. The van der Waals surface area contributed by atoms with E-state index in [0.717, 1.165) is 17.1 Å². The van der Waals surface area contributed by atoms with Crippen molar-refractivity contribution in [2.45, 2.75) is 0 Å². The van der Waals surface area contributed by atoms with Crippen molar-refractivity contribution in [3.8, 4) is 5.75 Å². The molecule has 80 valence electrons. The Morgan fingerprint density at radius 3 is 2.67 bits per heavy atom. The van der Waals surface area contributed by atoms with E-state index < -0.39 is 0 Å². The zero-order valence-corrected chi connectivity index (χ0v) is 9.38. The number of nitrogens with two attached hydrogens (primary N) is 1. The second kappa shape index (κ2) is 6.14. The first-order chi connectivity index (χ1) is 7.22. The Kier molecular flexibility index (Phi) is 4.77. The van der Waals surface area contributed by atoms with E-state index in [2.05, 4.69) is 0 Å². The van der Waals surface area contributed by atoms with Crippen LogP contribution in [0.15, 0.2) is 30.3 Å². The molecule has 1 aromatic rings. The standard InChI is InChI=1S/C11H14N2OS/c1-14-10-6-4-9(5-7-10)3-2-8-15-11(12)13/h2-7H,8H2,1H3,(H3,12,13). The number of methoxy groups -OCH3 is 1. The third-order valence-electron chi connectivity index (χ3n) is 1.76. The number of rotatable bonds is 4. The van der Waals surface area contributed by atoms with Crippen LogP contribution >= 0.6 is 11.8 Å². The van der Waals surface area contributed by atoms with E-state index in [1.807, 2.05) is 36.4 Å². The summed E-state index contributed by atoms with van der Waals surface area (Å²) in [5.74, 6) is 1.58. The third-order valence-corrected chi connectivity index (χ3v) is 2.43. The minimum absolute atomic E-state index is 0.148. The van der Waals surface area contributed by atoms with Crippen LogP contribution < -0.4 is 10.5 Å². The van der Waals surface area contributed by atoms with Crippen molar-refractivity contribution in [2.75, 3.05) is 12.9 Å². The molecule has 0 aliphatic heterocycles. The molecule has 3 nitrogen and oxygen atoms in total. The van der Waals surface area contributed by atoms with Crippen LogP contribution in [0.5, 0.6) is 5.75 Å². The molecule has 3 N–H and O–H groups in total. The summed E-state index contributed by atoms with van der Waals surface area (Å²) in [5.41, 5.74) is 6.32. The Bertz CT molecular complexity index is 346. The fourth-order valence-electron chi connectivity index (χ4n) is 1.04. The molecular formula is C11H14N2OS. The maximum atomic E-state index is 7.02. The van der Waals surface area contributed by atoms with Gasteiger partial charge in [-0.05, 0) is 17.7 Å². The van der Waals surface area contributed by atoms with Gasteiger partial charge in [-0.2, -0.15) is 0 Å². The molecule has 0 saturated heterocycles. The molecule has 0 spiro atoms. The lowest BCUT2D eigenvalue weighted by Gasteiger charge is -1.98. The molecule has 1 aromatic carbocycles. The van der Waals surface area contributed by atoms with Crippen LogP contribution in [0.1, 0.15) is 5.56 Å². The molecule has 0 fully saturated rings. The molecule has 0 atom stereocenters. The van der Waals surface area contributed by atoms with Crippen molar-refractivity contribution in [3.63, 3.8) is 0 Å². The average Bonchev–Trinajstić information content (AvgIpc) is 2.25. The second-order valence-corrected chi connectivity index (χ2v) is 3.91. The van der Waals surface area contributed by atoms with Crippen LogP contribution in [0.3, 0.4) is 0 Å². The van der Waals surface area contributed by atoms with Gasteiger partial charge in [0.1, 0.15) is 5.75 Å². The molecule has 15 heavy (non-hydrogen) atoms. The second-order valence-electron chi connectivity index (χ2n) is 2.85. The Morgan fingerprint density at radius 1 is 1.47 bits per heavy atom. The Balaban J connectivity index is 2.46. The first-order valence-electron chi connectivity index (χ1n) is 4.50. The maximum absolute atomic E-state index is 7.02. The molecule has 4 heteroatoms. The van der Waals surface area contributed by atoms with Crippen LogP contribution in [0, 0.1) is 5.41 Å². The van der Waals surface area contributed by atoms with E-state index in [1.54, 1.807) is 7.11 Å². The van der Waals surface area contributed by atoms with Crippen molar-refractivity contribution >= 4 is 23.0 Å². The van der Waals surface area contributed by atoms with Gasteiger partial charge in [0, 0.05) is 5.75 Å². The van der Waals surface area contributed by atoms with Gasteiger partial charge in [0.2, 0.25) is 0 Å². The van der Waals surface area contributed by atoms with Gasteiger partial charge in [0.25, 0.3) is 0 Å². The fraction of sp³-hybridized carbons (Fsp3) is 0.182. The van der Waals surface area contributed by atoms with Crippen LogP contribution in [-0.2, 0) is 0 Å². The van der Waals surface area contributed by atoms with Gasteiger partial charge >= 0.3 is 0 Å². The predicted octanol–water partition coefficient (Wildman–Crippen LogP) is 2.34. The lowest BCUT2D eigenvalue weighted by atomic mass is 10.2. The summed E-state index contributed by atoms with van der Waals surface area (Å²) in [6.45, 7) is 0. The van der Waals surface area contributed by atoms with E-state index in [0.29, 0.717) is 0 Å². The average molecular weight is 222 g/mol. The number of thioether (sulfide) groups is 1. The van der Waals surface area contributed by atoms with Gasteiger partial charge in [-0.25, -0.2) is 0 Å². The smallest absolute Gasteiger partial charge is 0.151 e. The number of hydrogen-bond acceptors (Lipinski definition) is 3. The topological polar surface area (TPSA) is 59.1 Å². The Morgan fingerprint density at radius 2 is 2.13 bits per heavy atom. The highest BCUT2D eigenvalue weighted by atomic mass is 32.2. The molecule has 0 aliphatic carbocycles. The quantitative estimate of drug-likeness (QED) is 0.607. The lowest BCUT2D eigenvalue weighted by Crippen LogP contribution is -2.03. The van der Waals surface area contributed by atoms with E-state index >= 15 is 0 Å². The van der Waals surface area contributed by atoms with Crippen molar-refractivity contribution in [1.29, 1.82) is 5.41 Å². The van der Waals surface area contributed by atoms with Crippen molar-refractivity contribution < 1.29 is 4.74 Å². The zero-order chi connectivity index (χ0) is 11.1. The SMILES string of the molecule is COc1ccc(C=CCSC(=N)N)cc1. The highest BCUT2D eigenvalue weighted by Crippen LogP contribution is 2.12. The van der Waals surface area contributed by atoms with E-state index in [9.17, 15) is 0 Å². The zero-order valence-electron chi connectivity index (χ0n) is 8.57. The van der Waals surface area contributed by atoms with Crippen molar-refractivity contribution in [3.05, 3.63) is 35.9 Å². The Hall–Kier alpha value is -1.42. The fourth-order valence-corrected chi connectivity index (χ4v) is 1.41. The monoisotopic (exact) mass is 222 g/mol. The number of ether oxygens (including phenoxy) is 1. The molecule has 0 unspecified atom stereocenters. The first-order valence-corrected chi connectivity index (χ1v) is 5.48. The molecule has 0 amide bonds. The summed E-state index contributed by atoms with van der Waals surface area (Å²) in [7, 11) is 1.65. The molecule has 0 heterocycles. The molecular weight excluding hydrogens is 208 g/mol. The van der Waals surface area contributed by atoms with Crippen molar-refractivity contribution in [1.82, 2.24) is 0 Å². The van der Waals surface area contributed by atoms with E-state index in [4.69, 9.17) is 15.9 Å². The summed E-state index contributed by atoms with van der Waals surface area (Å²) < 4.78 is 5.05. The van der Waals surface area contributed by atoms with Gasteiger partial charge in [0.05, 0.1) is 7.11 Å². The van der Waals surface area contributed by atoms with Gasteiger partial charge in [-0.15, -0.1) is 0 Å². The number of nitrogens with one attached hydrogen (secondary N) is 1. The van der Waals surface area contributed by atoms with E-state index in [1.165, 1.54) is 11.8 Å². The van der Waals surface area contributed by atoms with Crippen LogP contribution in [-0.4, -0.2) is 18.0 Å². The number of amidine groups is 1. The predicted molar refractivity (Wildman–Crippen MR) is 66.4 cm³/mol. The third kappa shape index (κ3) is 4.56. The Labute approximate surface area is 93.8 Å². The minimum atomic E-state index is 0.148. The number of benzene rings is 1. The largest absolute Gasteiger partial charge is 0.497 e. The summed E-state index contributed by atoms with van der Waals surface area (Å²) in [6.07, 6.45) is 3.98.